The number of rotatable bonds is 6. The van der Waals surface area contributed by atoms with Crippen LogP contribution in [0.25, 0.3) is 0 Å². The first-order chi connectivity index (χ1) is 12.8. The standard InChI is InChI=1S/C18H17N5O3/c1-24-17-9-13(7-8-15(17)25-11-18-19-22-23-20-18)14-10-16(26-21-14)12-5-3-2-4-6-12/h2-9,16H,10-11H2,1H3,(H,19,20,22,23). The van der Waals surface area contributed by atoms with Gasteiger partial charge in [0, 0.05) is 12.0 Å². The van der Waals surface area contributed by atoms with E-state index in [2.05, 4.69) is 25.8 Å². The first-order valence-electron chi connectivity index (χ1n) is 8.14. The molecule has 0 saturated carbocycles. The van der Waals surface area contributed by atoms with Crippen LogP contribution in [0.5, 0.6) is 11.5 Å². The minimum atomic E-state index is -0.0636. The molecule has 2 heterocycles. The number of aromatic nitrogens is 4. The molecule has 0 aliphatic carbocycles. The molecule has 1 aliphatic heterocycles. The van der Waals surface area contributed by atoms with E-state index in [0.717, 1.165) is 16.8 Å². The van der Waals surface area contributed by atoms with Crippen LogP contribution >= 0.6 is 0 Å². The van der Waals surface area contributed by atoms with E-state index >= 15 is 0 Å². The number of tetrazole rings is 1. The molecule has 8 nitrogen and oxygen atoms in total. The predicted octanol–water partition coefficient (Wildman–Crippen LogP) is 2.65. The second-order valence-corrected chi connectivity index (χ2v) is 5.73. The maximum Gasteiger partial charge on any atom is 0.211 e. The molecule has 0 bridgehead atoms. The van der Waals surface area contributed by atoms with Crippen LogP contribution in [0, 0.1) is 0 Å². The Balaban J connectivity index is 1.47. The van der Waals surface area contributed by atoms with Crippen molar-refractivity contribution in [1.29, 1.82) is 0 Å². The van der Waals surface area contributed by atoms with Gasteiger partial charge in [0.05, 0.1) is 12.8 Å². The Morgan fingerprint density at radius 1 is 1.15 bits per heavy atom. The molecular formula is C18H17N5O3. The third kappa shape index (κ3) is 3.34. The number of hydrogen-bond acceptors (Lipinski definition) is 7. The SMILES string of the molecule is COc1cc(C2=NOC(c3ccccc3)C2)ccc1OCc1nn[nH]n1. The molecule has 1 aliphatic rings. The lowest BCUT2D eigenvalue weighted by atomic mass is 10.00. The minimum Gasteiger partial charge on any atom is -0.493 e. The second-order valence-electron chi connectivity index (χ2n) is 5.73. The average molecular weight is 351 g/mol. The van der Waals surface area contributed by atoms with Crippen LogP contribution in [0.4, 0.5) is 0 Å². The fraction of sp³-hybridized carbons (Fsp3) is 0.222. The molecule has 8 heteroatoms. The lowest BCUT2D eigenvalue weighted by Crippen LogP contribution is -2.03. The molecule has 0 saturated heterocycles. The van der Waals surface area contributed by atoms with Gasteiger partial charge in [-0.05, 0) is 23.8 Å². The van der Waals surface area contributed by atoms with E-state index < -0.39 is 0 Å². The molecule has 0 spiro atoms. The van der Waals surface area contributed by atoms with E-state index in [9.17, 15) is 0 Å². The Labute approximate surface area is 149 Å². The fourth-order valence-electron chi connectivity index (χ4n) is 2.75. The van der Waals surface area contributed by atoms with Crippen molar-refractivity contribution >= 4 is 5.71 Å². The Morgan fingerprint density at radius 2 is 2.04 bits per heavy atom. The van der Waals surface area contributed by atoms with Crippen molar-refractivity contribution < 1.29 is 14.3 Å². The summed E-state index contributed by atoms with van der Waals surface area (Å²) in [6.45, 7) is 0.201. The normalized spacial score (nSPS) is 16.0. The van der Waals surface area contributed by atoms with Crippen molar-refractivity contribution in [3.63, 3.8) is 0 Å². The van der Waals surface area contributed by atoms with E-state index in [-0.39, 0.29) is 12.7 Å². The molecular weight excluding hydrogens is 334 g/mol. The lowest BCUT2D eigenvalue weighted by molar-refractivity contribution is 0.0857. The monoisotopic (exact) mass is 351 g/mol. The number of oxime groups is 1. The third-order valence-electron chi connectivity index (χ3n) is 4.08. The highest BCUT2D eigenvalue weighted by molar-refractivity contribution is 6.01. The summed E-state index contributed by atoms with van der Waals surface area (Å²) >= 11 is 0. The van der Waals surface area contributed by atoms with E-state index in [1.165, 1.54) is 0 Å². The molecule has 1 unspecified atom stereocenters. The van der Waals surface area contributed by atoms with Crippen molar-refractivity contribution in [2.75, 3.05) is 7.11 Å². The largest absolute Gasteiger partial charge is 0.493 e. The highest BCUT2D eigenvalue weighted by atomic mass is 16.6. The molecule has 0 fully saturated rings. The first kappa shape index (κ1) is 16.1. The van der Waals surface area contributed by atoms with Gasteiger partial charge in [0.15, 0.2) is 24.2 Å². The van der Waals surface area contributed by atoms with Crippen LogP contribution < -0.4 is 9.47 Å². The van der Waals surface area contributed by atoms with Crippen LogP contribution in [-0.4, -0.2) is 33.4 Å². The Bertz CT molecular complexity index is 896. The second kappa shape index (κ2) is 7.22. The van der Waals surface area contributed by atoms with Crippen LogP contribution in [0.15, 0.2) is 53.7 Å². The minimum absolute atomic E-state index is 0.0636. The summed E-state index contributed by atoms with van der Waals surface area (Å²) < 4.78 is 11.1. The van der Waals surface area contributed by atoms with Crippen molar-refractivity contribution in [1.82, 2.24) is 20.6 Å². The molecule has 1 aromatic heterocycles. The van der Waals surface area contributed by atoms with E-state index in [1.54, 1.807) is 7.11 Å². The molecule has 26 heavy (non-hydrogen) atoms. The Kier molecular flexibility index (Phi) is 4.46. The summed E-state index contributed by atoms with van der Waals surface area (Å²) in [5, 5.41) is 17.8. The molecule has 0 radical (unpaired) electrons. The topological polar surface area (TPSA) is 94.5 Å². The zero-order valence-corrected chi connectivity index (χ0v) is 14.1. The lowest BCUT2D eigenvalue weighted by Gasteiger charge is -2.11. The van der Waals surface area contributed by atoms with Crippen molar-refractivity contribution in [3.05, 3.63) is 65.5 Å². The fourth-order valence-corrected chi connectivity index (χ4v) is 2.75. The zero-order chi connectivity index (χ0) is 17.8. The van der Waals surface area contributed by atoms with E-state index in [1.807, 2.05) is 48.5 Å². The van der Waals surface area contributed by atoms with Crippen molar-refractivity contribution in [2.45, 2.75) is 19.1 Å². The molecule has 4 rings (SSSR count). The number of aromatic amines is 1. The van der Waals surface area contributed by atoms with Gasteiger partial charge < -0.3 is 14.3 Å². The summed E-state index contributed by atoms with van der Waals surface area (Å²) in [6.07, 6.45) is 0.641. The van der Waals surface area contributed by atoms with Crippen molar-refractivity contribution in [2.24, 2.45) is 5.16 Å². The van der Waals surface area contributed by atoms with Gasteiger partial charge in [-0.1, -0.05) is 40.7 Å². The third-order valence-corrected chi connectivity index (χ3v) is 4.08. The predicted molar refractivity (Wildman–Crippen MR) is 92.9 cm³/mol. The Morgan fingerprint density at radius 3 is 2.81 bits per heavy atom. The number of H-pyrrole nitrogens is 1. The van der Waals surface area contributed by atoms with Gasteiger partial charge in [-0.2, -0.15) is 5.21 Å². The van der Waals surface area contributed by atoms with Crippen LogP contribution in [-0.2, 0) is 11.4 Å². The molecule has 3 aromatic rings. The summed E-state index contributed by atoms with van der Waals surface area (Å²) in [5.41, 5.74) is 2.92. The van der Waals surface area contributed by atoms with Gasteiger partial charge in [-0.25, -0.2) is 0 Å². The average Bonchev–Trinajstić information content (AvgIpc) is 3.39. The molecule has 132 valence electrons. The molecule has 1 N–H and O–H groups in total. The van der Waals surface area contributed by atoms with Gasteiger partial charge in [-0.15, -0.1) is 10.2 Å². The highest BCUT2D eigenvalue weighted by Crippen LogP contribution is 2.33. The summed E-state index contributed by atoms with van der Waals surface area (Å²) in [7, 11) is 1.60. The summed E-state index contributed by atoms with van der Waals surface area (Å²) in [5.74, 6) is 1.67. The van der Waals surface area contributed by atoms with Gasteiger partial charge >= 0.3 is 0 Å². The van der Waals surface area contributed by atoms with E-state index in [0.29, 0.717) is 23.7 Å². The maximum atomic E-state index is 5.70. The molecule has 2 aromatic carbocycles. The van der Waals surface area contributed by atoms with E-state index in [4.69, 9.17) is 14.3 Å². The van der Waals surface area contributed by atoms with Gasteiger partial charge in [0.1, 0.15) is 0 Å². The highest BCUT2D eigenvalue weighted by Gasteiger charge is 2.24. The number of hydrogen-bond donors (Lipinski definition) is 1. The van der Waals surface area contributed by atoms with Crippen LogP contribution in [0.3, 0.4) is 0 Å². The summed E-state index contributed by atoms with van der Waals surface area (Å²) in [6, 6.07) is 15.7. The number of nitrogens with one attached hydrogen (secondary N) is 1. The maximum absolute atomic E-state index is 5.70. The number of methoxy groups -OCH3 is 1. The number of ether oxygens (including phenoxy) is 2. The molecule has 0 amide bonds. The van der Waals surface area contributed by atoms with Crippen LogP contribution in [0.1, 0.15) is 29.5 Å². The quantitative estimate of drug-likeness (QED) is 0.734. The smallest absolute Gasteiger partial charge is 0.211 e. The van der Waals surface area contributed by atoms with Gasteiger partial charge in [0.25, 0.3) is 0 Å². The zero-order valence-electron chi connectivity index (χ0n) is 14.1. The van der Waals surface area contributed by atoms with Gasteiger partial charge in [0.2, 0.25) is 5.82 Å². The number of benzene rings is 2. The first-order valence-corrected chi connectivity index (χ1v) is 8.14. The van der Waals surface area contributed by atoms with Crippen LogP contribution in [0.2, 0.25) is 0 Å². The number of nitrogens with zero attached hydrogens (tertiary/aromatic N) is 4. The van der Waals surface area contributed by atoms with Crippen molar-refractivity contribution in [3.8, 4) is 11.5 Å². The summed E-state index contributed by atoms with van der Waals surface area (Å²) in [4.78, 5) is 5.60. The molecule has 1 atom stereocenters. The Hall–Kier alpha value is -3.42. The van der Waals surface area contributed by atoms with Gasteiger partial charge in [-0.3, -0.25) is 0 Å².